The van der Waals surface area contributed by atoms with Crippen LogP contribution in [-0.2, 0) is 4.79 Å². The van der Waals surface area contributed by atoms with E-state index in [1.165, 1.54) is 6.08 Å². The van der Waals surface area contributed by atoms with E-state index < -0.39 is 0 Å². The van der Waals surface area contributed by atoms with Crippen LogP contribution in [0.2, 0.25) is 0 Å². The van der Waals surface area contributed by atoms with Crippen molar-refractivity contribution < 1.29 is 4.79 Å². The van der Waals surface area contributed by atoms with Crippen LogP contribution < -0.4 is 5.32 Å². The number of hydrogen-bond acceptors (Lipinski definition) is 3. The summed E-state index contributed by atoms with van der Waals surface area (Å²) >= 11 is 0. The Bertz CT molecular complexity index is 762. The molecule has 20 heavy (non-hydrogen) atoms. The third-order valence-corrected chi connectivity index (χ3v) is 2.79. The highest BCUT2D eigenvalue weighted by Crippen LogP contribution is 2.09. The van der Waals surface area contributed by atoms with E-state index in [9.17, 15) is 4.79 Å². The van der Waals surface area contributed by atoms with Crippen LogP contribution in [0, 0.1) is 0 Å². The number of nitrogens with one attached hydrogen (secondary N) is 1. The average Bonchev–Trinajstić information content (AvgIpc) is 2.94. The lowest BCUT2D eigenvalue weighted by molar-refractivity contribution is -0.111. The van der Waals surface area contributed by atoms with Gasteiger partial charge in [-0.15, -0.1) is 10.2 Å². The zero-order valence-corrected chi connectivity index (χ0v) is 10.6. The molecule has 0 atom stereocenters. The van der Waals surface area contributed by atoms with E-state index in [1.807, 2.05) is 30.3 Å². The van der Waals surface area contributed by atoms with E-state index in [1.54, 1.807) is 35.1 Å². The first-order chi connectivity index (χ1) is 9.81. The molecule has 0 radical (unpaired) electrons. The van der Waals surface area contributed by atoms with Crippen LogP contribution >= 0.6 is 0 Å². The molecule has 0 unspecified atom stereocenters. The molecule has 0 aliphatic carbocycles. The molecule has 1 N–H and O–H groups in total. The van der Waals surface area contributed by atoms with Gasteiger partial charge >= 0.3 is 0 Å². The Labute approximate surface area is 115 Å². The number of aromatic nitrogens is 3. The van der Waals surface area contributed by atoms with E-state index in [-0.39, 0.29) is 5.91 Å². The fourth-order valence-electron chi connectivity index (χ4n) is 1.82. The lowest BCUT2D eigenvalue weighted by Gasteiger charge is -2.02. The lowest BCUT2D eigenvalue weighted by Crippen LogP contribution is -2.08. The summed E-state index contributed by atoms with van der Waals surface area (Å²) in [7, 11) is 0. The molecular weight excluding hydrogens is 252 g/mol. The van der Waals surface area contributed by atoms with Gasteiger partial charge in [-0.2, -0.15) is 0 Å². The number of nitrogens with zero attached hydrogens (tertiary/aromatic N) is 3. The van der Waals surface area contributed by atoms with Gasteiger partial charge in [-0.1, -0.05) is 30.3 Å². The Balaban J connectivity index is 1.70. The zero-order valence-electron chi connectivity index (χ0n) is 10.6. The number of benzene rings is 1. The SMILES string of the molecule is O=C(/C=C/c1ccccc1)Nc1ccc2nncn2c1. The molecule has 0 spiro atoms. The molecule has 0 bridgehead atoms. The third-order valence-electron chi connectivity index (χ3n) is 2.79. The van der Waals surface area contributed by atoms with Crippen molar-refractivity contribution in [3.8, 4) is 0 Å². The van der Waals surface area contributed by atoms with Crippen LogP contribution in [0.1, 0.15) is 5.56 Å². The summed E-state index contributed by atoms with van der Waals surface area (Å²) in [6.45, 7) is 0. The molecule has 0 saturated heterocycles. The highest BCUT2D eigenvalue weighted by atomic mass is 16.1. The molecule has 3 aromatic rings. The second-order valence-electron chi connectivity index (χ2n) is 4.25. The first-order valence-corrected chi connectivity index (χ1v) is 6.15. The molecule has 0 aliphatic rings. The Hall–Kier alpha value is -2.95. The molecule has 0 fully saturated rings. The van der Waals surface area contributed by atoms with Crippen LogP contribution in [0.3, 0.4) is 0 Å². The van der Waals surface area contributed by atoms with E-state index in [2.05, 4.69) is 15.5 Å². The predicted octanol–water partition coefficient (Wildman–Crippen LogP) is 2.38. The number of hydrogen-bond donors (Lipinski definition) is 1. The molecule has 5 heteroatoms. The largest absolute Gasteiger partial charge is 0.321 e. The summed E-state index contributed by atoms with van der Waals surface area (Å²) in [5.41, 5.74) is 2.42. The van der Waals surface area contributed by atoms with Gasteiger partial charge in [0.2, 0.25) is 5.91 Å². The Morgan fingerprint density at radius 1 is 1.15 bits per heavy atom. The highest BCUT2D eigenvalue weighted by molar-refractivity contribution is 6.01. The lowest BCUT2D eigenvalue weighted by atomic mass is 10.2. The molecule has 1 amide bonds. The number of pyridine rings is 1. The fraction of sp³-hybridized carbons (Fsp3) is 0. The minimum Gasteiger partial charge on any atom is -0.321 e. The minimum absolute atomic E-state index is 0.179. The molecule has 1 aromatic carbocycles. The number of anilines is 1. The van der Waals surface area contributed by atoms with Gasteiger partial charge in [0.25, 0.3) is 0 Å². The summed E-state index contributed by atoms with van der Waals surface area (Å²) in [6.07, 6.45) is 6.63. The first-order valence-electron chi connectivity index (χ1n) is 6.15. The molecule has 3 rings (SSSR count). The second kappa shape index (κ2) is 5.36. The van der Waals surface area contributed by atoms with Crippen LogP contribution in [0.25, 0.3) is 11.7 Å². The van der Waals surface area contributed by atoms with Gasteiger partial charge in [-0.25, -0.2) is 0 Å². The zero-order chi connectivity index (χ0) is 13.8. The van der Waals surface area contributed by atoms with E-state index in [4.69, 9.17) is 0 Å². The minimum atomic E-state index is -0.179. The van der Waals surface area contributed by atoms with Crippen molar-refractivity contribution in [2.75, 3.05) is 5.32 Å². The maximum Gasteiger partial charge on any atom is 0.248 e. The number of carbonyl (C=O) groups is 1. The predicted molar refractivity (Wildman–Crippen MR) is 77.1 cm³/mol. The van der Waals surface area contributed by atoms with Crippen LogP contribution in [0.4, 0.5) is 5.69 Å². The summed E-state index contributed by atoms with van der Waals surface area (Å²) in [5, 5.41) is 10.5. The summed E-state index contributed by atoms with van der Waals surface area (Å²) < 4.78 is 1.75. The van der Waals surface area contributed by atoms with Gasteiger partial charge in [-0.3, -0.25) is 9.20 Å². The van der Waals surface area contributed by atoms with Crippen molar-refractivity contribution in [1.29, 1.82) is 0 Å². The number of rotatable bonds is 3. The van der Waals surface area contributed by atoms with Crippen molar-refractivity contribution >= 4 is 23.3 Å². The van der Waals surface area contributed by atoms with Gasteiger partial charge in [-0.05, 0) is 23.8 Å². The Morgan fingerprint density at radius 2 is 2.00 bits per heavy atom. The maximum absolute atomic E-state index is 11.8. The van der Waals surface area contributed by atoms with Crippen LogP contribution in [0.15, 0.2) is 61.1 Å². The van der Waals surface area contributed by atoms with Crippen molar-refractivity contribution in [3.63, 3.8) is 0 Å². The highest BCUT2D eigenvalue weighted by Gasteiger charge is 2.00. The number of carbonyl (C=O) groups excluding carboxylic acids is 1. The van der Waals surface area contributed by atoms with Crippen LogP contribution in [0.5, 0.6) is 0 Å². The van der Waals surface area contributed by atoms with Gasteiger partial charge in [0.05, 0.1) is 5.69 Å². The molecule has 2 aromatic heterocycles. The Kier molecular flexibility index (Phi) is 3.24. The van der Waals surface area contributed by atoms with Crippen molar-refractivity contribution in [2.24, 2.45) is 0 Å². The third kappa shape index (κ3) is 2.72. The van der Waals surface area contributed by atoms with Crippen molar-refractivity contribution in [3.05, 3.63) is 66.6 Å². The molecular formula is C15H12N4O. The van der Waals surface area contributed by atoms with Gasteiger partial charge in [0.15, 0.2) is 5.65 Å². The monoisotopic (exact) mass is 264 g/mol. The average molecular weight is 264 g/mol. The standard InChI is InChI=1S/C15H12N4O/c20-15(9-6-12-4-2-1-3-5-12)17-13-7-8-14-18-16-11-19(14)10-13/h1-11H,(H,17,20)/b9-6+. The quantitative estimate of drug-likeness (QED) is 0.739. The number of fused-ring (bicyclic) bond motifs is 1. The summed E-state index contributed by atoms with van der Waals surface area (Å²) in [6, 6.07) is 13.3. The normalized spacial score (nSPS) is 11.0. The van der Waals surface area contributed by atoms with Gasteiger partial charge in [0, 0.05) is 12.3 Å². The van der Waals surface area contributed by atoms with E-state index in [0.717, 1.165) is 11.2 Å². The Morgan fingerprint density at radius 3 is 2.85 bits per heavy atom. The van der Waals surface area contributed by atoms with Crippen molar-refractivity contribution in [1.82, 2.24) is 14.6 Å². The molecule has 2 heterocycles. The van der Waals surface area contributed by atoms with Gasteiger partial charge in [0.1, 0.15) is 6.33 Å². The summed E-state index contributed by atoms with van der Waals surface area (Å²) in [4.78, 5) is 11.8. The fourth-order valence-corrected chi connectivity index (χ4v) is 1.82. The topological polar surface area (TPSA) is 59.3 Å². The maximum atomic E-state index is 11.8. The van der Waals surface area contributed by atoms with Crippen LogP contribution in [-0.4, -0.2) is 20.5 Å². The molecule has 98 valence electrons. The van der Waals surface area contributed by atoms with E-state index in [0.29, 0.717) is 5.69 Å². The second-order valence-corrected chi connectivity index (χ2v) is 4.25. The summed E-state index contributed by atoms with van der Waals surface area (Å²) in [5.74, 6) is -0.179. The first kappa shape index (κ1) is 12.1. The van der Waals surface area contributed by atoms with Gasteiger partial charge < -0.3 is 5.32 Å². The van der Waals surface area contributed by atoms with Crippen molar-refractivity contribution in [2.45, 2.75) is 0 Å². The van der Waals surface area contributed by atoms with E-state index >= 15 is 0 Å². The number of amides is 1. The molecule has 0 saturated carbocycles. The molecule has 0 aliphatic heterocycles. The molecule has 5 nitrogen and oxygen atoms in total. The smallest absolute Gasteiger partial charge is 0.248 e.